The van der Waals surface area contributed by atoms with Crippen molar-refractivity contribution in [1.29, 1.82) is 0 Å². The zero-order valence-electron chi connectivity index (χ0n) is 6.30. The molecule has 21 N–H and O–H groups in total. The van der Waals surface area contributed by atoms with Gasteiger partial charge in [0.15, 0.2) is 0 Å². The van der Waals surface area contributed by atoms with E-state index in [1.54, 1.807) is 0 Å². The van der Waals surface area contributed by atoms with Crippen molar-refractivity contribution in [2.45, 2.75) is 0 Å². The summed E-state index contributed by atoms with van der Waals surface area (Å²) < 4.78 is 8.46. The summed E-state index contributed by atoms with van der Waals surface area (Å²) in [5, 5.41) is 0. The van der Waals surface area contributed by atoms with Crippen LogP contribution in [0.5, 0.6) is 0 Å². The molecule has 98 valence electrons. The van der Waals surface area contributed by atoms with Crippen LogP contribution in [-0.4, -0.2) is 59.7 Å². The van der Waals surface area contributed by atoms with Crippen LogP contribution in [0, 0.1) is 0 Å². The van der Waals surface area contributed by atoms with Gasteiger partial charge in [0.25, 0.3) is 0 Å². The molecule has 0 aromatic heterocycles. The first-order valence-corrected chi connectivity index (χ1v) is 1.15. The first-order valence-electron chi connectivity index (χ1n) is 0.383. The molecule has 12 nitrogen and oxygen atoms in total. The second-order valence-corrected chi connectivity index (χ2v) is 0.245. The molecule has 0 heterocycles. The van der Waals surface area contributed by atoms with Crippen molar-refractivity contribution < 1.29 is 64.2 Å². The molecule has 0 radical (unpaired) electrons. The fourth-order valence-corrected chi connectivity index (χ4v) is 0. The van der Waals surface area contributed by atoms with Gasteiger partial charge in [0.2, 0.25) is 0 Å². The van der Waals surface area contributed by atoms with Gasteiger partial charge in [-0.15, -0.1) is 0 Å². The van der Waals surface area contributed by atoms with Crippen LogP contribution in [0.3, 0.4) is 0 Å². The van der Waals surface area contributed by atoms with Gasteiger partial charge in [-0.2, -0.15) is 0 Å². The predicted octanol–water partition coefficient (Wildman–Crippen LogP) is -8.06. The van der Waals surface area contributed by atoms with Crippen molar-refractivity contribution in [2.75, 3.05) is 0 Å². The van der Waals surface area contributed by atoms with Crippen LogP contribution in [0.25, 0.3) is 0 Å². The summed E-state index contributed by atoms with van der Waals surface area (Å²) in [5.74, 6) is 0. The molecule has 0 aromatic rings. The van der Waals surface area contributed by atoms with E-state index in [1.165, 1.54) is 0 Å². The van der Waals surface area contributed by atoms with Crippen molar-refractivity contribution in [2.24, 2.45) is 0 Å². The van der Waals surface area contributed by atoms with E-state index in [1.807, 2.05) is 0 Å². The largest absolute Gasteiger partial charge is 0.412 e. The van der Waals surface area contributed by atoms with Gasteiger partial charge in [0, 0.05) is 0 Å². The Morgan fingerprint density at radius 3 is 0.538 bits per heavy atom. The van der Waals surface area contributed by atoms with E-state index in [-0.39, 0.29) is 54.8 Å². The summed E-state index contributed by atoms with van der Waals surface area (Å²) in [6, 6.07) is 0. The molecule has 0 atom stereocenters. The molecule has 13 heavy (non-hydrogen) atoms. The van der Waals surface area contributed by atoms with Gasteiger partial charge in [-0.3, -0.25) is 0 Å². The van der Waals surface area contributed by atoms with Gasteiger partial charge >= 0.3 is 8.69 Å². The van der Waals surface area contributed by atoms with Crippen LogP contribution in [0.15, 0.2) is 0 Å². The zero-order chi connectivity index (χ0) is 2.71. The maximum Gasteiger partial charge on any atom is 0.324 e. The van der Waals surface area contributed by atoms with Gasteiger partial charge < -0.3 is 59.7 Å². The molecule has 0 aliphatic heterocycles. The van der Waals surface area contributed by atoms with Crippen LogP contribution < -0.4 is 0 Å². The Hall–Kier alpha value is -0.340. The first-order chi connectivity index (χ1) is 1.41. The lowest BCUT2D eigenvalue weighted by Gasteiger charge is -1.24. The Balaban J connectivity index is -0.000000000444. The molecule has 0 aliphatic carbocycles. The highest BCUT2D eigenvalue weighted by atomic mass is 31.1. The summed E-state index contributed by atoms with van der Waals surface area (Å²) in [6.45, 7) is 0. The highest BCUT2D eigenvalue weighted by Crippen LogP contribution is 1.66. The molecule has 0 bridgehead atoms. The maximum absolute atomic E-state index is 8.46. The van der Waals surface area contributed by atoms with E-state index in [4.69, 9.17) is 9.46 Å². The lowest BCUT2D eigenvalue weighted by molar-refractivity contribution is 0.524. The average molecular weight is 244 g/mol. The van der Waals surface area contributed by atoms with Gasteiger partial charge in [-0.25, -0.2) is 4.57 Å². The lowest BCUT2D eigenvalue weighted by atomic mass is 15.9. The normalized spacial score (nSPS) is 1.62. The highest BCUT2D eigenvalue weighted by Gasteiger charge is 1.28. The van der Waals surface area contributed by atoms with E-state index in [9.17, 15) is 0 Å². The molecule has 0 unspecified atom stereocenters. The van der Waals surface area contributed by atoms with Crippen LogP contribution in [0.2, 0.25) is 0 Å². The average Bonchev–Trinajstić information content (AvgIpc) is 0.918. The zero-order valence-corrected chi connectivity index (χ0v) is 7.20. The van der Waals surface area contributed by atoms with Crippen LogP contribution in [-0.2, 0) is 4.57 Å². The fourth-order valence-electron chi connectivity index (χ4n) is 0. The summed E-state index contributed by atoms with van der Waals surface area (Å²) in [6.07, 6.45) is 0. The third-order valence-electron chi connectivity index (χ3n) is 0. The van der Waals surface area contributed by atoms with E-state index in [0.717, 1.165) is 0 Å². The summed E-state index contributed by atoms with van der Waals surface area (Å²) in [7, 11) is -0.833. The van der Waals surface area contributed by atoms with Crippen molar-refractivity contribution >= 4 is 8.69 Å². The minimum atomic E-state index is -0.833. The molecule has 0 spiro atoms. The standard InChI is InChI=1S/HO2P.10H2O/c1-3-2;;;;;;;;;;/h(H,1,2);10*1H2. The Labute approximate surface area is 74.2 Å². The molecule has 0 aliphatic rings. The van der Waals surface area contributed by atoms with Crippen molar-refractivity contribution in [1.82, 2.24) is 0 Å². The molecule has 0 rings (SSSR count). The summed E-state index contributed by atoms with van der Waals surface area (Å²) in [5.41, 5.74) is 0. The fraction of sp³-hybridized carbons (Fsp3) is 0. The van der Waals surface area contributed by atoms with E-state index in [0.29, 0.717) is 0 Å². The second-order valence-electron chi connectivity index (χ2n) is 0.0816. The van der Waals surface area contributed by atoms with E-state index in [2.05, 4.69) is 0 Å². The van der Waals surface area contributed by atoms with Gasteiger partial charge in [-0.05, 0) is 0 Å². The lowest BCUT2D eigenvalue weighted by Crippen LogP contribution is -1.03. The molecule has 0 amide bonds. The van der Waals surface area contributed by atoms with Crippen molar-refractivity contribution in [3.05, 3.63) is 0 Å². The van der Waals surface area contributed by atoms with Crippen molar-refractivity contribution in [3.8, 4) is 0 Å². The smallest absolute Gasteiger partial charge is 0.324 e. The van der Waals surface area contributed by atoms with Crippen LogP contribution in [0.4, 0.5) is 0 Å². The third kappa shape index (κ3) is 9410. The van der Waals surface area contributed by atoms with Crippen LogP contribution in [0.1, 0.15) is 0 Å². The molecule has 13 heteroatoms. The van der Waals surface area contributed by atoms with Crippen molar-refractivity contribution in [3.63, 3.8) is 0 Å². The quantitative estimate of drug-likeness (QED) is 0.405. The molecule has 0 aromatic carbocycles. The van der Waals surface area contributed by atoms with Crippen LogP contribution >= 0.6 is 8.69 Å². The second kappa shape index (κ2) is 3040. The summed E-state index contributed by atoms with van der Waals surface area (Å²) in [4.78, 5) is 6.99. The Morgan fingerprint density at radius 2 is 0.538 bits per heavy atom. The number of hydrogen-bond donors (Lipinski definition) is 1. The Kier molecular flexibility index (Phi) is 146000. The first kappa shape index (κ1) is 625. The highest BCUT2D eigenvalue weighted by molar-refractivity contribution is 7.16. The minimum absolute atomic E-state index is 0. The van der Waals surface area contributed by atoms with E-state index >= 15 is 0 Å². The summed E-state index contributed by atoms with van der Waals surface area (Å²) >= 11 is 0. The van der Waals surface area contributed by atoms with Gasteiger partial charge in [0.1, 0.15) is 0 Å². The number of hydrogen-bond acceptors (Lipinski definition) is 1. The topological polar surface area (TPSA) is 352 Å². The van der Waals surface area contributed by atoms with Gasteiger partial charge in [-0.1, -0.05) is 0 Å². The number of rotatable bonds is 0. The Bertz CT molecular complexity index is 12.6. The molecule has 0 fully saturated rings. The monoisotopic (exact) mass is 244 g/mol. The van der Waals surface area contributed by atoms with E-state index < -0.39 is 8.69 Å². The molecular formula is H21O12P. The maximum atomic E-state index is 8.46. The molecule has 0 saturated carbocycles. The molecular weight excluding hydrogens is 223 g/mol. The molecule has 0 saturated heterocycles. The SMILES string of the molecule is O.O.O.O.O.O.O.O.O.O.O=PO. The predicted molar refractivity (Wildman–Crippen MR) is 46.0 cm³/mol. The Morgan fingerprint density at radius 1 is 0.538 bits per heavy atom. The van der Waals surface area contributed by atoms with Gasteiger partial charge in [0.05, 0.1) is 0 Å². The third-order valence-corrected chi connectivity index (χ3v) is 0. The minimum Gasteiger partial charge on any atom is -0.412 e.